The zero-order valence-corrected chi connectivity index (χ0v) is 13.8. The summed E-state index contributed by atoms with van der Waals surface area (Å²) in [6.45, 7) is 8.75. The van der Waals surface area contributed by atoms with Crippen molar-refractivity contribution in [2.24, 2.45) is 5.92 Å². The molecule has 6 nitrogen and oxygen atoms in total. The first-order chi connectivity index (χ1) is 9.75. The first-order valence-corrected chi connectivity index (χ1v) is 7.57. The van der Waals surface area contributed by atoms with Crippen molar-refractivity contribution in [2.45, 2.75) is 58.6 Å². The number of hydrogen-bond acceptors (Lipinski definition) is 4. The molecule has 0 spiro atoms. The highest BCUT2D eigenvalue weighted by Crippen LogP contribution is 2.22. The maximum atomic E-state index is 11.9. The summed E-state index contributed by atoms with van der Waals surface area (Å²) in [4.78, 5) is 25.3. The molecular formula is C15H28N2O4. The van der Waals surface area contributed by atoms with E-state index in [2.05, 4.69) is 12.2 Å². The number of methoxy groups -OCH3 is 1. The van der Waals surface area contributed by atoms with Crippen LogP contribution in [-0.2, 0) is 9.47 Å². The number of carbonyl (C=O) groups excluding carboxylic acids is 2. The van der Waals surface area contributed by atoms with Crippen LogP contribution in [0.4, 0.5) is 9.59 Å². The molecule has 2 atom stereocenters. The molecule has 1 rings (SSSR count). The molecule has 6 heteroatoms. The molecule has 0 aromatic rings. The Morgan fingerprint density at radius 3 is 2.48 bits per heavy atom. The Morgan fingerprint density at radius 1 is 1.29 bits per heavy atom. The van der Waals surface area contributed by atoms with Gasteiger partial charge >= 0.3 is 12.2 Å². The number of carbonyl (C=O) groups is 2. The minimum absolute atomic E-state index is 0.0933. The van der Waals surface area contributed by atoms with Gasteiger partial charge in [0.1, 0.15) is 5.60 Å². The Labute approximate surface area is 127 Å². The van der Waals surface area contributed by atoms with E-state index >= 15 is 0 Å². The van der Waals surface area contributed by atoms with Crippen molar-refractivity contribution in [1.29, 1.82) is 0 Å². The molecule has 1 N–H and O–H groups in total. The first-order valence-electron chi connectivity index (χ1n) is 7.57. The summed E-state index contributed by atoms with van der Waals surface area (Å²) in [6, 6.07) is -0.0933. The lowest BCUT2D eigenvalue weighted by Crippen LogP contribution is -2.53. The second-order valence-electron chi connectivity index (χ2n) is 6.61. The molecule has 122 valence electrons. The van der Waals surface area contributed by atoms with Crippen molar-refractivity contribution in [3.63, 3.8) is 0 Å². The summed E-state index contributed by atoms with van der Waals surface area (Å²) >= 11 is 0. The summed E-state index contributed by atoms with van der Waals surface area (Å²) < 4.78 is 10.1. The van der Waals surface area contributed by atoms with Crippen LogP contribution in [0.2, 0.25) is 0 Å². The van der Waals surface area contributed by atoms with Crippen LogP contribution < -0.4 is 5.32 Å². The van der Waals surface area contributed by atoms with E-state index in [4.69, 9.17) is 9.47 Å². The Balaban J connectivity index is 2.62. The smallest absolute Gasteiger partial charge is 0.409 e. The first kappa shape index (κ1) is 17.6. The molecule has 2 amide bonds. The SMILES string of the molecule is CCCC1CC(NC(=O)OC(C)(C)C)CN(C(=O)OC)C1. The number of nitrogens with zero attached hydrogens (tertiary/aromatic N) is 1. The van der Waals surface area contributed by atoms with E-state index in [1.54, 1.807) is 4.90 Å². The van der Waals surface area contributed by atoms with Gasteiger partial charge in [-0.2, -0.15) is 0 Å². The van der Waals surface area contributed by atoms with Gasteiger partial charge in [0.25, 0.3) is 0 Å². The van der Waals surface area contributed by atoms with Crippen LogP contribution >= 0.6 is 0 Å². The molecule has 1 aliphatic heterocycles. The zero-order valence-electron chi connectivity index (χ0n) is 13.8. The quantitative estimate of drug-likeness (QED) is 0.870. The standard InChI is InChI=1S/C15H28N2O4/c1-6-7-11-8-12(10-17(9-11)14(19)20-5)16-13(18)21-15(2,3)4/h11-12H,6-10H2,1-5H3,(H,16,18). The van der Waals surface area contributed by atoms with E-state index < -0.39 is 11.7 Å². The van der Waals surface area contributed by atoms with Gasteiger partial charge in [-0.05, 0) is 39.5 Å². The second-order valence-corrected chi connectivity index (χ2v) is 6.61. The fraction of sp³-hybridized carbons (Fsp3) is 0.867. The van der Waals surface area contributed by atoms with Gasteiger partial charge in [0.05, 0.1) is 13.2 Å². The van der Waals surface area contributed by atoms with Gasteiger partial charge < -0.3 is 19.7 Å². The highest BCUT2D eigenvalue weighted by atomic mass is 16.6. The number of alkyl carbamates (subject to hydrolysis) is 1. The maximum absolute atomic E-state index is 11.9. The monoisotopic (exact) mass is 300 g/mol. The molecular weight excluding hydrogens is 272 g/mol. The number of rotatable bonds is 3. The minimum atomic E-state index is -0.524. The Kier molecular flexibility index (Phi) is 6.30. The summed E-state index contributed by atoms with van der Waals surface area (Å²) in [7, 11) is 1.38. The van der Waals surface area contributed by atoms with Crippen LogP contribution in [0, 0.1) is 5.92 Å². The molecule has 1 fully saturated rings. The van der Waals surface area contributed by atoms with E-state index in [0.717, 1.165) is 19.3 Å². The average molecular weight is 300 g/mol. The third-order valence-electron chi connectivity index (χ3n) is 3.39. The molecule has 0 aromatic heterocycles. The van der Waals surface area contributed by atoms with E-state index in [1.807, 2.05) is 20.8 Å². The number of likely N-dealkylation sites (tertiary alicyclic amines) is 1. The third kappa shape index (κ3) is 6.23. The molecule has 0 bridgehead atoms. The molecule has 2 unspecified atom stereocenters. The number of ether oxygens (including phenoxy) is 2. The second kappa shape index (κ2) is 7.52. The van der Waals surface area contributed by atoms with Gasteiger partial charge in [-0.25, -0.2) is 9.59 Å². The fourth-order valence-corrected chi connectivity index (χ4v) is 2.68. The molecule has 0 radical (unpaired) electrons. The lowest BCUT2D eigenvalue weighted by molar-refractivity contribution is 0.0432. The van der Waals surface area contributed by atoms with Gasteiger partial charge in [-0.3, -0.25) is 0 Å². The predicted molar refractivity (Wildman–Crippen MR) is 80.2 cm³/mol. The zero-order chi connectivity index (χ0) is 16.0. The largest absolute Gasteiger partial charge is 0.453 e. The summed E-state index contributed by atoms with van der Waals surface area (Å²) in [5.74, 6) is 0.378. The van der Waals surface area contributed by atoms with Crippen molar-refractivity contribution in [3.05, 3.63) is 0 Å². The van der Waals surface area contributed by atoms with Gasteiger partial charge in [0.15, 0.2) is 0 Å². The predicted octanol–water partition coefficient (Wildman–Crippen LogP) is 2.77. The number of hydrogen-bond donors (Lipinski definition) is 1. The van der Waals surface area contributed by atoms with Crippen molar-refractivity contribution in [2.75, 3.05) is 20.2 Å². The molecule has 0 saturated carbocycles. The van der Waals surface area contributed by atoms with Crippen molar-refractivity contribution < 1.29 is 19.1 Å². The molecule has 0 aliphatic carbocycles. The van der Waals surface area contributed by atoms with Gasteiger partial charge in [-0.1, -0.05) is 13.3 Å². The number of piperidine rings is 1. The van der Waals surface area contributed by atoms with Gasteiger partial charge in [0.2, 0.25) is 0 Å². The van der Waals surface area contributed by atoms with Crippen LogP contribution in [0.15, 0.2) is 0 Å². The van der Waals surface area contributed by atoms with Crippen molar-refractivity contribution in [3.8, 4) is 0 Å². The van der Waals surface area contributed by atoms with Crippen LogP contribution in [0.5, 0.6) is 0 Å². The molecule has 0 aromatic carbocycles. The van der Waals surface area contributed by atoms with E-state index in [0.29, 0.717) is 19.0 Å². The molecule has 1 heterocycles. The van der Waals surface area contributed by atoms with Crippen LogP contribution in [0.1, 0.15) is 47.0 Å². The Morgan fingerprint density at radius 2 is 1.95 bits per heavy atom. The molecule has 1 aliphatic rings. The highest BCUT2D eigenvalue weighted by Gasteiger charge is 2.31. The third-order valence-corrected chi connectivity index (χ3v) is 3.39. The highest BCUT2D eigenvalue weighted by molar-refractivity contribution is 5.69. The molecule has 21 heavy (non-hydrogen) atoms. The van der Waals surface area contributed by atoms with Crippen molar-refractivity contribution in [1.82, 2.24) is 10.2 Å². The van der Waals surface area contributed by atoms with Gasteiger partial charge in [-0.15, -0.1) is 0 Å². The lowest BCUT2D eigenvalue weighted by Gasteiger charge is -2.37. The lowest BCUT2D eigenvalue weighted by atomic mass is 9.91. The summed E-state index contributed by atoms with van der Waals surface area (Å²) in [5.41, 5.74) is -0.524. The topological polar surface area (TPSA) is 67.9 Å². The minimum Gasteiger partial charge on any atom is -0.453 e. The van der Waals surface area contributed by atoms with Crippen LogP contribution in [0.3, 0.4) is 0 Å². The van der Waals surface area contributed by atoms with Crippen molar-refractivity contribution >= 4 is 12.2 Å². The van der Waals surface area contributed by atoms with Crippen LogP contribution in [0.25, 0.3) is 0 Å². The normalized spacial score (nSPS) is 22.6. The van der Waals surface area contributed by atoms with E-state index in [9.17, 15) is 9.59 Å². The maximum Gasteiger partial charge on any atom is 0.409 e. The average Bonchev–Trinajstić information content (AvgIpc) is 2.35. The number of amides is 2. The number of nitrogens with one attached hydrogen (secondary N) is 1. The van der Waals surface area contributed by atoms with E-state index in [-0.39, 0.29) is 12.1 Å². The fourth-order valence-electron chi connectivity index (χ4n) is 2.68. The molecule has 1 saturated heterocycles. The van der Waals surface area contributed by atoms with E-state index in [1.165, 1.54) is 7.11 Å². The summed E-state index contributed by atoms with van der Waals surface area (Å²) in [6.07, 6.45) is 2.17. The summed E-state index contributed by atoms with van der Waals surface area (Å²) in [5, 5.41) is 2.86. The van der Waals surface area contributed by atoms with Gasteiger partial charge in [0, 0.05) is 13.1 Å². The van der Waals surface area contributed by atoms with Crippen LogP contribution in [-0.4, -0.2) is 48.9 Å². The Hall–Kier alpha value is -1.46. The Bertz CT molecular complexity index is 365.